The van der Waals surface area contributed by atoms with E-state index in [2.05, 4.69) is 27.0 Å². The van der Waals surface area contributed by atoms with Crippen molar-refractivity contribution < 1.29 is 5.11 Å². The van der Waals surface area contributed by atoms with Gasteiger partial charge in [-0.25, -0.2) is 4.98 Å². The predicted molar refractivity (Wildman–Crippen MR) is 80.4 cm³/mol. The molecule has 0 radical (unpaired) electrons. The van der Waals surface area contributed by atoms with Gasteiger partial charge in [-0.3, -0.25) is 4.90 Å². The van der Waals surface area contributed by atoms with E-state index >= 15 is 0 Å². The Labute approximate surface area is 119 Å². The van der Waals surface area contributed by atoms with Gasteiger partial charge in [0.1, 0.15) is 5.65 Å². The lowest BCUT2D eigenvalue weighted by molar-refractivity contribution is -0.0137. The number of hydrogen-bond acceptors (Lipinski definition) is 3. The minimum Gasteiger partial charge on any atom is -0.390 e. The Morgan fingerprint density at radius 1 is 1.30 bits per heavy atom. The fourth-order valence-electron chi connectivity index (χ4n) is 3.09. The van der Waals surface area contributed by atoms with Gasteiger partial charge in [-0.1, -0.05) is 0 Å². The Morgan fingerprint density at radius 3 is 2.75 bits per heavy atom. The zero-order chi connectivity index (χ0) is 14.2. The van der Waals surface area contributed by atoms with Gasteiger partial charge < -0.3 is 10.1 Å². The molecule has 0 aromatic carbocycles. The maximum atomic E-state index is 10.1. The Kier molecular flexibility index (Phi) is 3.52. The molecule has 2 aromatic rings. The van der Waals surface area contributed by atoms with E-state index in [9.17, 15) is 5.11 Å². The van der Waals surface area contributed by atoms with Gasteiger partial charge in [0, 0.05) is 18.1 Å². The van der Waals surface area contributed by atoms with Crippen LogP contribution in [0.1, 0.15) is 32.4 Å². The number of nitrogens with zero attached hydrogens (tertiary/aromatic N) is 2. The maximum absolute atomic E-state index is 10.1. The monoisotopic (exact) mass is 273 g/mol. The average Bonchev–Trinajstić information content (AvgIpc) is 2.86. The molecule has 0 atom stereocenters. The van der Waals surface area contributed by atoms with Crippen LogP contribution in [-0.2, 0) is 6.54 Å². The maximum Gasteiger partial charge on any atom is 0.137 e. The summed E-state index contributed by atoms with van der Waals surface area (Å²) in [6.07, 6.45) is 4.05. The number of H-pyrrole nitrogens is 1. The zero-order valence-corrected chi connectivity index (χ0v) is 12.3. The molecule has 0 amide bonds. The lowest BCUT2D eigenvalue weighted by atomic mass is 9.83. The minimum absolute atomic E-state index is 0.414. The van der Waals surface area contributed by atoms with Crippen LogP contribution < -0.4 is 0 Å². The van der Waals surface area contributed by atoms with Gasteiger partial charge in [-0.15, -0.1) is 0 Å². The van der Waals surface area contributed by atoms with Crippen LogP contribution in [0.5, 0.6) is 0 Å². The van der Waals surface area contributed by atoms with Crippen molar-refractivity contribution in [1.82, 2.24) is 14.9 Å². The molecule has 0 unspecified atom stereocenters. The van der Waals surface area contributed by atoms with Crippen molar-refractivity contribution in [2.75, 3.05) is 13.1 Å². The second-order valence-corrected chi connectivity index (χ2v) is 6.42. The number of hydrogen-bond donors (Lipinski definition) is 2. The van der Waals surface area contributed by atoms with E-state index in [1.807, 2.05) is 26.1 Å². The van der Waals surface area contributed by atoms with Crippen molar-refractivity contribution in [1.29, 1.82) is 0 Å². The molecule has 0 spiro atoms. The number of aliphatic hydroxyl groups is 1. The van der Waals surface area contributed by atoms with E-state index in [1.165, 1.54) is 0 Å². The first-order chi connectivity index (χ1) is 9.52. The number of aromatic nitrogens is 2. The standard InChI is InChI=1S/C16H23N3O/c1-16(2,20)13-6-9-19(10-7-13)11-14-4-3-12-5-8-17-15(12)18-14/h3-5,8,13,20H,6-7,9-11H2,1-2H3,(H,17,18). The lowest BCUT2D eigenvalue weighted by Crippen LogP contribution is -2.41. The first kappa shape index (κ1) is 13.6. The molecule has 1 fully saturated rings. The van der Waals surface area contributed by atoms with E-state index in [0.29, 0.717) is 5.92 Å². The largest absolute Gasteiger partial charge is 0.390 e. The summed E-state index contributed by atoms with van der Waals surface area (Å²) < 4.78 is 0. The summed E-state index contributed by atoms with van der Waals surface area (Å²) in [4.78, 5) is 10.2. The van der Waals surface area contributed by atoms with Crippen LogP contribution in [0, 0.1) is 5.92 Å². The molecule has 4 nitrogen and oxygen atoms in total. The van der Waals surface area contributed by atoms with Crippen molar-refractivity contribution in [2.45, 2.75) is 38.8 Å². The summed E-state index contributed by atoms with van der Waals surface area (Å²) >= 11 is 0. The van der Waals surface area contributed by atoms with Crippen molar-refractivity contribution in [3.8, 4) is 0 Å². The first-order valence-corrected chi connectivity index (χ1v) is 7.40. The van der Waals surface area contributed by atoms with Crippen LogP contribution >= 0.6 is 0 Å². The summed E-state index contributed by atoms with van der Waals surface area (Å²) in [5, 5.41) is 11.2. The molecule has 2 N–H and O–H groups in total. The van der Waals surface area contributed by atoms with Gasteiger partial charge in [-0.05, 0) is 63.9 Å². The fourth-order valence-corrected chi connectivity index (χ4v) is 3.09. The smallest absolute Gasteiger partial charge is 0.137 e. The molecule has 0 saturated carbocycles. The third-order valence-electron chi connectivity index (χ3n) is 4.44. The highest BCUT2D eigenvalue weighted by molar-refractivity contribution is 5.75. The van der Waals surface area contributed by atoms with Gasteiger partial charge in [0.25, 0.3) is 0 Å². The van der Waals surface area contributed by atoms with Crippen LogP contribution in [0.15, 0.2) is 24.4 Å². The predicted octanol–water partition coefficient (Wildman–Crippen LogP) is 2.55. The van der Waals surface area contributed by atoms with Crippen molar-refractivity contribution >= 4 is 11.0 Å². The molecular weight excluding hydrogens is 250 g/mol. The number of piperidine rings is 1. The summed E-state index contributed by atoms with van der Waals surface area (Å²) in [5.74, 6) is 0.414. The molecule has 108 valence electrons. The number of pyridine rings is 1. The first-order valence-electron chi connectivity index (χ1n) is 7.40. The van der Waals surface area contributed by atoms with Crippen molar-refractivity contribution in [3.63, 3.8) is 0 Å². The highest BCUT2D eigenvalue weighted by Gasteiger charge is 2.30. The van der Waals surface area contributed by atoms with E-state index in [4.69, 9.17) is 0 Å². The van der Waals surface area contributed by atoms with Gasteiger partial charge in [0.2, 0.25) is 0 Å². The van der Waals surface area contributed by atoms with Gasteiger partial charge in [0.15, 0.2) is 0 Å². The number of nitrogens with one attached hydrogen (secondary N) is 1. The second kappa shape index (κ2) is 5.19. The molecule has 2 aromatic heterocycles. The van der Waals surface area contributed by atoms with Gasteiger partial charge in [0.05, 0.1) is 11.3 Å². The minimum atomic E-state index is -0.548. The van der Waals surface area contributed by atoms with E-state index in [-0.39, 0.29) is 0 Å². The molecule has 3 rings (SSSR count). The summed E-state index contributed by atoms with van der Waals surface area (Å²) in [6, 6.07) is 6.27. The third-order valence-corrected chi connectivity index (χ3v) is 4.44. The Morgan fingerprint density at radius 2 is 2.05 bits per heavy atom. The number of rotatable bonds is 3. The summed E-state index contributed by atoms with van der Waals surface area (Å²) in [6.45, 7) is 6.83. The quantitative estimate of drug-likeness (QED) is 0.903. The topological polar surface area (TPSA) is 52.1 Å². The summed E-state index contributed by atoms with van der Waals surface area (Å²) in [5.41, 5.74) is 1.53. The van der Waals surface area contributed by atoms with Crippen LogP contribution in [0.4, 0.5) is 0 Å². The second-order valence-electron chi connectivity index (χ2n) is 6.42. The molecule has 4 heteroatoms. The third kappa shape index (κ3) is 2.86. The molecule has 0 bridgehead atoms. The van der Waals surface area contributed by atoms with E-state index in [0.717, 1.165) is 49.2 Å². The molecule has 0 aliphatic carbocycles. The SMILES string of the molecule is CC(C)(O)C1CCN(Cc2ccc3cc[nH]c3n2)CC1. The van der Waals surface area contributed by atoms with Gasteiger partial charge in [-0.2, -0.15) is 0 Å². The zero-order valence-electron chi connectivity index (χ0n) is 12.3. The average molecular weight is 273 g/mol. The lowest BCUT2D eigenvalue weighted by Gasteiger charge is -2.37. The number of fused-ring (bicyclic) bond motifs is 1. The Bertz CT molecular complexity index is 577. The molecule has 1 aliphatic rings. The summed E-state index contributed by atoms with van der Waals surface area (Å²) in [7, 11) is 0. The van der Waals surface area contributed by atoms with Crippen molar-refractivity contribution in [3.05, 3.63) is 30.1 Å². The van der Waals surface area contributed by atoms with Gasteiger partial charge >= 0.3 is 0 Å². The highest BCUT2D eigenvalue weighted by atomic mass is 16.3. The van der Waals surface area contributed by atoms with Crippen LogP contribution in [0.3, 0.4) is 0 Å². The Hall–Kier alpha value is -1.39. The number of likely N-dealkylation sites (tertiary alicyclic amines) is 1. The van der Waals surface area contributed by atoms with E-state index in [1.54, 1.807) is 0 Å². The fraction of sp³-hybridized carbons (Fsp3) is 0.562. The van der Waals surface area contributed by atoms with E-state index < -0.39 is 5.60 Å². The number of aromatic amines is 1. The van der Waals surface area contributed by atoms with Crippen LogP contribution in [0.2, 0.25) is 0 Å². The van der Waals surface area contributed by atoms with Crippen LogP contribution in [0.25, 0.3) is 11.0 Å². The van der Waals surface area contributed by atoms with Crippen LogP contribution in [-0.4, -0.2) is 38.7 Å². The highest BCUT2D eigenvalue weighted by Crippen LogP contribution is 2.28. The Balaban J connectivity index is 1.62. The molecule has 1 saturated heterocycles. The molecule has 1 aliphatic heterocycles. The van der Waals surface area contributed by atoms with Crippen molar-refractivity contribution in [2.24, 2.45) is 5.92 Å². The molecule has 20 heavy (non-hydrogen) atoms. The molecule has 3 heterocycles. The molecular formula is C16H23N3O. The normalized spacial score (nSPS) is 18.8.